The van der Waals surface area contributed by atoms with Gasteiger partial charge in [-0.05, 0) is 80.0 Å². The van der Waals surface area contributed by atoms with E-state index >= 15 is 0 Å². The van der Waals surface area contributed by atoms with Crippen LogP contribution in [0.3, 0.4) is 0 Å². The molecule has 0 spiro atoms. The smallest absolute Gasteiger partial charge is 0.443 e. The van der Waals surface area contributed by atoms with Crippen LogP contribution < -0.4 is 0 Å². The number of ether oxygens (including phenoxy) is 1. The molecule has 156 valence electrons. The molecule has 1 aromatic rings. The van der Waals surface area contributed by atoms with Gasteiger partial charge in [0.1, 0.15) is 5.60 Å². The van der Waals surface area contributed by atoms with E-state index in [1.54, 1.807) is 18.2 Å². The first-order valence-electron chi connectivity index (χ1n) is 10.2. The van der Waals surface area contributed by atoms with Gasteiger partial charge in [-0.25, -0.2) is 0 Å². The molecule has 1 unspecified atom stereocenters. The first-order chi connectivity index (χ1) is 13.6. The van der Waals surface area contributed by atoms with Crippen molar-refractivity contribution in [1.82, 2.24) is 0 Å². The van der Waals surface area contributed by atoms with Gasteiger partial charge in [0.25, 0.3) is 0 Å². The third-order valence-corrected chi connectivity index (χ3v) is 8.84. The van der Waals surface area contributed by atoms with Crippen molar-refractivity contribution in [3.8, 4) is 0 Å². The van der Waals surface area contributed by atoms with E-state index in [4.69, 9.17) is 4.74 Å². The topological polar surface area (TPSA) is 43.4 Å². The molecule has 0 saturated heterocycles. The van der Waals surface area contributed by atoms with Crippen LogP contribution >= 0.6 is 11.8 Å². The number of Topliss-reactive ketones (excluding diaryl/α,β-unsaturated/α-hetero) is 1. The summed E-state index contributed by atoms with van der Waals surface area (Å²) in [6.45, 7) is 1.89. The number of rotatable bonds is 3. The van der Waals surface area contributed by atoms with E-state index in [-0.39, 0.29) is 23.8 Å². The van der Waals surface area contributed by atoms with Gasteiger partial charge in [-0.1, -0.05) is 24.3 Å². The highest BCUT2D eigenvalue weighted by atomic mass is 32.2. The molecule has 29 heavy (non-hydrogen) atoms. The largest absolute Gasteiger partial charge is 0.457 e. The molecule has 5 aliphatic carbocycles. The predicted octanol–water partition coefficient (Wildman–Crippen LogP) is 5.18. The van der Waals surface area contributed by atoms with Gasteiger partial charge < -0.3 is 4.74 Å². The van der Waals surface area contributed by atoms with Crippen molar-refractivity contribution in [3.63, 3.8) is 0 Å². The van der Waals surface area contributed by atoms with Crippen LogP contribution in [0.5, 0.6) is 0 Å². The van der Waals surface area contributed by atoms with Crippen LogP contribution in [0.25, 0.3) is 0 Å². The number of carbonyl (C=O) groups is 2. The fourth-order valence-corrected chi connectivity index (χ4v) is 7.47. The summed E-state index contributed by atoms with van der Waals surface area (Å²) >= 11 is -0.515. The van der Waals surface area contributed by atoms with Crippen LogP contribution in [0.4, 0.5) is 13.2 Å². The molecule has 0 heterocycles. The first kappa shape index (κ1) is 19.5. The van der Waals surface area contributed by atoms with Gasteiger partial charge in [0.2, 0.25) is 0 Å². The Kier molecular flexibility index (Phi) is 4.20. The maximum atomic E-state index is 13.5. The zero-order valence-corrected chi connectivity index (χ0v) is 16.9. The van der Waals surface area contributed by atoms with Crippen molar-refractivity contribution >= 4 is 23.5 Å². The van der Waals surface area contributed by atoms with Crippen LogP contribution in [-0.4, -0.2) is 27.6 Å². The Bertz CT molecular complexity index is 852. The van der Waals surface area contributed by atoms with Crippen molar-refractivity contribution in [2.75, 3.05) is 0 Å². The van der Waals surface area contributed by atoms with E-state index in [9.17, 15) is 22.8 Å². The summed E-state index contributed by atoms with van der Waals surface area (Å²) in [7, 11) is 0. The lowest BCUT2D eigenvalue weighted by molar-refractivity contribution is -0.204. The summed E-state index contributed by atoms with van der Waals surface area (Å²) in [6.07, 6.45) is 4.80. The average Bonchev–Trinajstić information content (AvgIpc) is 2.91. The fourth-order valence-electron chi connectivity index (χ4n) is 6.52. The third kappa shape index (κ3) is 2.94. The molecule has 1 aromatic carbocycles. The summed E-state index contributed by atoms with van der Waals surface area (Å²) in [4.78, 5) is 26.4. The SMILES string of the molecule is CC1(OC(=O)C2(SC(F)(F)F)Cc3ccccc3C2=O)C2CC3CC(C2)CC1C3. The number of halogens is 3. The normalized spacial score (nSPS) is 40.2. The molecule has 4 fully saturated rings. The van der Waals surface area contributed by atoms with Crippen molar-refractivity contribution < 1.29 is 27.5 Å². The van der Waals surface area contributed by atoms with Crippen LogP contribution in [0.15, 0.2) is 24.3 Å². The summed E-state index contributed by atoms with van der Waals surface area (Å²) in [5.74, 6) is -0.173. The molecule has 4 saturated carbocycles. The van der Waals surface area contributed by atoms with Gasteiger partial charge in [-0.15, -0.1) is 0 Å². The maximum Gasteiger partial charge on any atom is 0.443 e. The zero-order valence-electron chi connectivity index (χ0n) is 16.1. The van der Waals surface area contributed by atoms with Crippen molar-refractivity contribution in [1.29, 1.82) is 0 Å². The molecule has 0 aliphatic heterocycles. The Morgan fingerprint density at radius 1 is 1.07 bits per heavy atom. The van der Waals surface area contributed by atoms with Gasteiger partial charge in [0.05, 0.1) is 0 Å². The maximum absolute atomic E-state index is 13.5. The number of thioether (sulfide) groups is 1. The Labute approximate surface area is 171 Å². The molecule has 7 heteroatoms. The number of carbonyl (C=O) groups excluding carboxylic acids is 2. The number of fused-ring (bicyclic) bond motifs is 1. The van der Waals surface area contributed by atoms with Crippen LogP contribution in [0.1, 0.15) is 54.9 Å². The number of hydrogen-bond donors (Lipinski definition) is 0. The lowest BCUT2D eigenvalue weighted by Gasteiger charge is -2.59. The van der Waals surface area contributed by atoms with Gasteiger partial charge in [-0.2, -0.15) is 13.2 Å². The number of esters is 1. The average molecular weight is 424 g/mol. The van der Waals surface area contributed by atoms with Crippen LogP contribution in [-0.2, 0) is 16.0 Å². The quantitative estimate of drug-likeness (QED) is 0.496. The Hall–Kier alpha value is -1.50. The lowest BCUT2D eigenvalue weighted by atomic mass is 9.50. The summed E-state index contributed by atoms with van der Waals surface area (Å²) in [5, 5.41) is 0. The molecule has 0 radical (unpaired) electrons. The van der Waals surface area contributed by atoms with E-state index in [0.29, 0.717) is 17.4 Å². The molecule has 5 aliphatic rings. The highest BCUT2D eigenvalue weighted by Gasteiger charge is 2.63. The molecular weight excluding hydrogens is 401 g/mol. The van der Waals surface area contributed by atoms with Gasteiger partial charge in [-0.3, -0.25) is 9.59 Å². The van der Waals surface area contributed by atoms with E-state index in [2.05, 4.69) is 0 Å². The van der Waals surface area contributed by atoms with E-state index in [0.717, 1.165) is 25.7 Å². The second-order valence-electron chi connectivity index (χ2n) is 9.42. The molecule has 6 rings (SSSR count). The molecule has 3 nitrogen and oxygen atoms in total. The summed E-state index contributed by atoms with van der Waals surface area (Å²) < 4.78 is 44.1. The van der Waals surface area contributed by atoms with Crippen molar-refractivity contribution in [2.45, 2.75) is 61.3 Å². The van der Waals surface area contributed by atoms with E-state index < -0.39 is 39.4 Å². The molecule has 4 bridgehead atoms. The second-order valence-corrected chi connectivity index (χ2v) is 10.8. The number of hydrogen-bond acceptors (Lipinski definition) is 4. The molecule has 0 aromatic heterocycles. The summed E-state index contributed by atoms with van der Waals surface area (Å²) in [6, 6.07) is 6.39. The standard InChI is InChI=1S/C22H23F3O3S/c1-20(15-7-12-6-13(9-15)10-16(20)8-12)28-19(27)21(29-22(23,24)25)11-14-4-2-3-5-17(14)18(21)26/h2-5,12-13,15-16H,6-11H2,1H3. The Balaban J connectivity index is 1.48. The Morgan fingerprint density at radius 2 is 1.66 bits per heavy atom. The van der Waals surface area contributed by atoms with Crippen molar-refractivity contribution in [2.24, 2.45) is 23.7 Å². The first-order valence-corrected chi connectivity index (χ1v) is 11.1. The summed E-state index contributed by atoms with van der Waals surface area (Å²) in [5.41, 5.74) is -4.83. The van der Waals surface area contributed by atoms with Gasteiger partial charge >= 0.3 is 11.5 Å². The second kappa shape index (κ2) is 6.25. The minimum absolute atomic E-state index is 0.175. The third-order valence-electron chi connectivity index (χ3n) is 7.76. The zero-order chi connectivity index (χ0) is 20.6. The molecule has 0 amide bonds. The van der Waals surface area contributed by atoms with Gasteiger partial charge in [0.15, 0.2) is 10.5 Å². The van der Waals surface area contributed by atoms with E-state index in [1.807, 2.05) is 6.92 Å². The fraction of sp³-hybridized carbons (Fsp3) is 0.636. The lowest BCUT2D eigenvalue weighted by Crippen LogP contribution is -2.60. The number of alkyl halides is 3. The van der Waals surface area contributed by atoms with Gasteiger partial charge in [0, 0.05) is 12.0 Å². The van der Waals surface area contributed by atoms with E-state index in [1.165, 1.54) is 12.5 Å². The highest BCUT2D eigenvalue weighted by Crippen LogP contribution is 2.60. The molecule has 1 atom stereocenters. The highest BCUT2D eigenvalue weighted by molar-refractivity contribution is 8.03. The minimum atomic E-state index is -4.72. The number of ketones is 1. The minimum Gasteiger partial charge on any atom is -0.457 e. The van der Waals surface area contributed by atoms with Crippen LogP contribution in [0.2, 0.25) is 0 Å². The predicted molar refractivity (Wildman–Crippen MR) is 102 cm³/mol. The molecular formula is C22H23F3O3S. The number of benzene rings is 1. The Morgan fingerprint density at radius 3 is 2.21 bits per heavy atom. The molecule has 0 N–H and O–H groups in total. The van der Waals surface area contributed by atoms with Crippen LogP contribution in [0, 0.1) is 23.7 Å². The van der Waals surface area contributed by atoms with Crippen molar-refractivity contribution in [3.05, 3.63) is 35.4 Å². The monoisotopic (exact) mass is 424 g/mol.